The molecule has 2 aromatic carbocycles. The molecule has 238 valence electrons. The van der Waals surface area contributed by atoms with Crippen LogP contribution in [0.4, 0.5) is 11.6 Å². The van der Waals surface area contributed by atoms with Gasteiger partial charge in [-0.1, -0.05) is 39.0 Å². The van der Waals surface area contributed by atoms with E-state index in [-0.39, 0.29) is 11.3 Å². The third kappa shape index (κ3) is 6.62. The molecular formula is C35H45N7O3. The summed E-state index contributed by atoms with van der Waals surface area (Å²) in [5.41, 5.74) is 4.17. The summed E-state index contributed by atoms with van der Waals surface area (Å²) in [5.74, 6) is 2.25. The molecule has 0 aliphatic carbocycles. The van der Waals surface area contributed by atoms with Gasteiger partial charge in [0.05, 0.1) is 18.3 Å². The highest BCUT2D eigenvalue weighted by molar-refractivity contribution is 6.07. The van der Waals surface area contributed by atoms with Crippen molar-refractivity contribution < 1.29 is 14.3 Å². The molecule has 1 N–H and O–H groups in total. The van der Waals surface area contributed by atoms with Crippen LogP contribution in [0.1, 0.15) is 55.2 Å². The SMILES string of the molecule is COc1c(CN2CCCC2)cc(C(C)(C)C)cc1NC(=O)c1cc2cccc(Oc3ccnc(N4CCN(C)CC4)n3)c2n1C. The van der Waals surface area contributed by atoms with Crippen LogP contribution < -0.4 is 19.7 Å². The third-order valence-electron chi connectivity index (χ3n) is 8.95. The predicted molar refractivity (Wildman–Crippen MR) is 179 cm³/mol. The number of nitrogens with one attached hydrogen (secondary N) is 1. The average molecular weight is 612 g/mol. The van der Waals surface area contributed by atoms with Crippen molar-refractivity contribution in [3.63, 3.8) is 0 Å². The molecule has 4 heterocycles. The van der Waals surface area contributed by atoms with Crippen molar-refractivity contribution in [3.05, 3.63) is 65.5 Å². The van der Waals surface area contributed by atoms with Crippen LogP contribution in [-0.4, -0.2) is 83.7 Å². The number of aryl methyl sites for hydroxylation is 1. The molecule has 4 aromatic rings. The van der Waals surface area contributed by atoms with Crippen LogP contribution in [-0.2, 0) is 19.0 Å². The Balaban J connectivity index is 1.29. The number of amides is 1. The number of anilines is 2. The molecule has 0 spiro atoms. The molecule has 6 rings (SSSR count). The molecule has 10 nitrogen and oxygen atoms in total. The standard InChI is InChI=1S/C35H45N7O3/c1-35(2,3)26-20-25(23-41-14-7-8-15-41)32(44-6)27(22-26)37-33(43)28-21-24-10-9-11-29(31(24)40(28)5)45-30-12-13-36-34(38-30)42-18-16-39(4)17-19-42/h9-13,20-22H,7-8,14-19,23H2,1-6H3,(H,37,43). The number of hydrogen-bond acceptors (Lipinski definition) is 8. The van der Waals surface area contributed by atoms with Gasteiger partial charge in [-0.25, -0.2) is 4.98 Å². The van der Waals surface area contributed by atoms with E-state index in [4.69, 9.17) is 14.5 Å². The van der Waals surface area contributed by atoms with Gasteiger partial charge < -0.3 is 29.2 Å². The van der Waals surface area contributed by atoms with Crippen molar-refractivity contribution in [2.75, 3.05) is 63.6 Å². The minimum atomic E-state index is -0.212. The van der Waals surface area contributed by atoms with E-state index < -0.39 is 0 Å². The Labute approximate surface area is 265 Å². The lowest BCUT2D eigenvalue weighted by Gasteiger charge is -2.32. The molecular weight excluding hydrogens is 566 g/mol. The van der Waals surface area contributed by atoms with Crippen LogP contribution in [0.15, 0.2) is 48.7 Å². The highest BCUT2D eigenvalue weighted by Crippen LogP contribution is 2.37. The van der Waals surface area contributed by atoms with Crippen LogP contribution in [0.5, 0.6) is 17.4 Å². The van der Waals surface area contributed by atoms with Gasteiger partial charge in [0.2, 0.25) is 11.8 Å². The highest BCUT2D eigenvalue weighted by Gasteiger charge is 2.25. The Hall–Kier alpha value is -4.15. The lowest BCUT2D eigenvalue weighted by atomic mass is 9.85. The van der Waals surface area contributed by atoms with E-state index in [2.05, 4.69) is 65.0 Å². The molecule has 45 heavy (non-hydrogen) atoms. The third-order valence-corrected chi connectivity index (χ3v) is 8.95. The Bertz CT molecular complexity index is 1680. The van der Waals surface area contributed by atoms with Crippen LogP contribution >= 0.6 is 0 Å². The molecule has 0 unspecified atom stereocenters. The molecule has 2 saturated heterocycles. The predicted octanol–water partition coefficient (Wildman–Crippen LogP) is 5.67. The zero-order valence-corrected chi connectivity index (χ0v) is 27.4. The molecule has 0 atom stereocenters. The summed E-state index contributed by atoms with van der Waals surface area (Å²) in [6, 6.07) is 13.8. The Morgan fingerprint density at radius 2 is 1.73 bits per heavy atom. The molecule has 2 aliphatic heterocycles. The van der Waals surface area contributed by atoms with Gasteiger partial charge in [-0.05, 0) is 62.2 Å². The zero-order chi connectivity index (χ0) is 31.7. The van der Waals surface area contributed by atoms with Gasteiger partial charge in [-0.2, -0.15) is 4.98 Å². The minimum Gasteiger partial charge on any atom is -0.494 e. The quantitative estimate of drug-likeness (QED) is 0.273. The van der Waals surface area contributed by atoms with Crippen LogP contribution in [0.2, 0.25) is 0 Å². The van der Waals surface area contributed by atoms with Gasteiger partial charge in [0.25, 0.3) is 5.91 Å². The van der Waals surface area contributed by atoms with Gasteiger partial charge in [-0.15, -0.1) is 0 Å². The van der Waals surface area contributed by atoms with E-state index >= 15 is 0 Å². The Morgan fingerprint density at radius 3 is 2.44 bits per heavy atom. The number of methoxy groups -OCH3 is 1. The highest BCUT2D eigenvalue weighted by atomic mass is 16.5. The number of fused-ring (bicyclic) bond motifs is 1. The number of carbonyl (C=O) groups excluding carboxylic acids is 1. The van der Waals surface area contributed by atoms with Gasteiger partial charge in [0, 0.05) is 63.0 Å². The molecule has 0 saturated carbocycles. The molecule has 0 bridgehead atoms. The molecule has 0 radical (unpaired) electrons. The molecule has 2 aromatic heterocycles. The fourth-order valence-electron chi connectivity index (χ4n) is 6.28. The summed E-state index contributed by atoms with van der Waals surface area (Å²) in [6.07, 6.45) is 4.16. The second kappa shape index (κ2) is 12.7. The van der Waals surface area contributed by atoms with Gasteiger partial charge in [-0.3, -0.25) is 9.69 Å². The Morgan fingerprint density at radius 1 is 0.978 bits per heavy atom. The smallest absolute Gasteiger partial charge is 0.272 e. The van der Waals surface area contributed by atoms with E-state index in [0.717, 1.165) is 67.8 Å². The van der Waals surface area contributed by atoms with Crippen molar-refractivity contribution >= 4 is 28.4 Å². The number of likely N-dealkylation sites (tertiary alicyclic amines) is 1. The zero-order valence-electron chi connectivity index (χ0n) is 27.4. The summed E-state index contributed by atoms with van der Waals surface area (Å²) in [5, 5.41) is 4.10. The number of ether oxygens (including phenoxy) is 2. The first-order chi connectivity index (χ1) is 21.6. The van der Waals surface area contributed by atoms with Crippen LogP contribution in [0, 0.1) is 0 Å². The largest absolute Gasteiger partial charge is 0.494 e. The lowest BCUT2D eigenvalue weighted by molar-refractivity contribution is 0.101. The topological polar surface area (TPSA) is 88.0 Å². The van der Waals surface area contributed by atoms with Gasteiger partial charge in [0.1, 0.15) is 11.4 Å². The first kappa shape index (κ1) is 30.9. The minimum absolute atomic E-state index is 0.0946. The monoisotopic (exact) mass is 611 g/mol. The number of aromatic nitrogens is 3. The number of likely N-dealkylation sites (N-methyl/N-ethyl adjacent to an activating group) is 1. The molecule has 10 heteroatoms. The number of hydrogen-bond donors (Lipinski definition) is 1. The summed E-state index contributed by atoms with van der Waals surface area (Å²) in [7, 11) is 5.69. The van der Waals surface area contributed by atoms with Crippen molar-refractivity contribution in [2.24, 2.45) is 7.05 Å². The van der Waals surface area contributed by atoms with E-state index in [0.29, 0.717) is 34.7 Å². The van der Waals surface area contributed by atoms with Gasteiger partial charge >= 0.3 is 0 Å². The second-order valence-electron chi connectivity index (χ2n) is 13.3. The number of piperazine rings is 1. The van der Waals surface area contributed by atoms with E-state index in [1.165, 1.54) is 12.8 Å². The van der Waals surface area contributed by atoms with E-state index in [1.54, 1.807) is 19.4 Å². The fraction of sp³-hybridized carbons (Fsp3) is 0.457. The normalized spacial score (nSPS) is 16.4. The fourth-order valence-corrected chi connectivity index (χ4v) is 6.28. The van der Waals surface area contributed by atoms with Crippen molar-refractivity contribution in [2.45, 2.75) is 45.6 Å². The van der Waals surface area contributed by atoms with Crippen molar-refractivity contribution in [1.29, 1.82) is 0 Å². The number of carbonyl (C=O) groups is 1. The summed E-state index contributed by atoms with van der Waals surface area (Å²) in [4.78, 5) is 30.1. The lowest BCUT2D eigenvalue weighted by Crippen LogP contribution is -2.45. The van der Waals surface area contributed by atoms with E-state index in [9.17, 15) is 4.79 Å². The number of benzene rings is 2. The maximum atomic E-state index is 13.9. The van der Waals surface area contributed by atoms with Crippen LogP contribution in [0.3, 0.4) is 0 Å². The molecule has 2 fully saturated rings. The Kier molecular flexibility index (Phi) is 8.70. The average Bonchev–Trinajstić information content (AvgIpc) is 3.65. The van der Waals surface area contributed by atoms with E-state index in [1.807, 2.05) is 35.9 Å². The molecule has 1 amide bonds. The van der Waals surface area contributed by atoms with Crippen molar-refractivity contribution in [3.8, 4) is 17.4 Å². The van der Waals surface area contributed by atoms with Crippen molar-refractivity contribution in [1.82, 2.24) is 24.3 Å². The molecule has 2 aliphatic rings. The number of rotatable bonds is 8. The van der Waals surface area contributed by atoms with Gasteiger partial charge in [0.15, 0.2) is 5.75 Å². The second-order valence-corrected chi connectivity index (χ2v) is 13.3. The summed E-state index contributed by atoms with van der Waals surface area (Å²) in [6.45, 7) is 13.2. The number of para-hydroxylation sites is 1. The maximum Gasteiger partial charge on any atom is 0.272 e. The van der Waals surface area contributed by atoms with Crippen LogP contribution in [0.25, 0.3) is 10.9 Å². The first-order valence-corrected chi connectivity index (χ1v) is 15.9. The summed E-state index contributed by atoms with van der Waals surface area (Å²) >= 11 is 0. The summed E-state index contributed by atoms with van der Waals surface area (Å²) < 4.78 is 14.2. The number of nitrogens with zero attached hydrogens (tertiary/aromatic N) is 6. The maximum absolute atomic E-state index is 13.9. The first-order valence-electron chi connectivity index (χ1n) is 15.9.